The number of H-pyrrole nitrogens is 1. The third-order valence-corrected chi connectivity index (χ3v) is 5.19. The fraction of sp³-hybridized carbons (Fsp3) is 0.474. The summed E-state index contributed by atoms with van der Waals surface area (Å²) in [5, 5.41) is 13.8. The Hall–Kier alpha value is -2.18. The molecule has 0 saturated carbocycles. The molecule has 1 aromatic carbocycles. The van der Waals surface area contributed by atoms with Gasteiger partial charge in [-0.25, -0.2) is 0 Å². The van der Waals surface area contributed by atoms with Crippen LogP contribution in [0.5, 0.6) is 0 Å². The van der Waals surface area contributed by atoms with Gasteiger partial charge in [0.05, 0.1) is 0 Å². The summed E-state index contributed by atoms with van der Waals surface area (Å²) in [5.41, 5.74) is 4.04. The fourth-order valence-electron chi connectivity index (χ4n) is 3.74. The molecule has 1 amide bonds. The lowest BCUT2D eigenvalue weighted by molar-refractivity contribution is 0.0902. The summed E-state index contributed by atoms with van der Waals surface area (Å²) < 4.78 is 0. The van der Waals surface area contributed by atoms with Crippen LogP contribution in [-0.2, 0) is 19.5 Å². The smallest absolute Gasteiger partial charge is 0.272 e. The maximum atomic E-state index is 12.6. The molecule has 0 spiro atoms. The van der Waals surface area contributed by atoms with Crippen molar-refractivity contribution in [3.8, 4) is 0 Å². The Kier molecular flexibility index (Phi) is 4.81. The highest BCUT2D eigenvalue weighted by Crippen LogP contribution is 2.17. The van der Waals surface area contributed by atoms with Gasteiger partial charge in [0.15, 0.2) is 5.69 Å². The zero-order chi connectivity index (χ0) is 17.1. The molecule has 6 nitrogen and oxygen atoms in total. The van der Waals surface area contributed by atoms with E-state index in [0.717, 1.165) is 63.2 Å². The molecule has 25 heavy (non-hydrogen) atoms. The van der Waals surface area contributed by atoms with E-state index in [0.29, 0.717) is 5.69 Å². The van der Waals surface area contributed by atoms with Gasteiger partial charge in [-0.05, 0) is 18.4 Å². The number of hydrogen-bond donors (Lipinski definition) is 3. The molecule has 4 rings (SSSR count). The average Bonchev–Trinajstić information content (AvgIpc) is 3.08. The molecule has 2 aliphatic rings. The summed E-state index contributed by atoms with van der Waals surface area (Å²) in [6.07, 6.45) is 2.89. The highest BCUT2D eigenvalue weighted by atomic mass is 16.2. The molecule has 1 aromatic heterocycles. The first-order valence-corrected chi connectivity index (χ1v) is 9.13. The lowest BCUT2D eigenvalue weighted by atomic mass is 10.0. The van der Waals surface area contributed by atoms with E-state index in [1.54, 1.807) is 0 Å². The Labute approximate surface area is 148 Å². The van der Waals surface area contributed by atoms with Crippen LogP contribution in [0, 0.1) is 0 Å². The van der Waals surface area contributed by atoms with Crippen molar-refractivity contribution in [2.75, 3.05) is 19.6 Å². The summed E-state index contributed by atoms with van der Waals surface area (Å²) in [4.78, 5) is 15.0. The highest BCUT2D eigenvalue weighted by Gasteiger charge is 2.25. The standard InChI is InChI=1S/C19H25N5O/c25-19(18-16-12-20-9-6-17(16)22-23-18)21-15-7-10-24(11-8-15)13-14-4-2-1-3-5-14/h1-5,15,20H,6-13H2,(H,21,25)(H,22,23). The number of nitrogens with one attached hydrogen (secondary N) is 3. The Morgan fingerprint density at radius 3 is 2.84 bits per heavy atom. The van der Waals surface area contributed by atoms with Gasteiger partial charge >= 0.3 is 0 Å². The number of aromatic amines is 1. The average molecular weight is 339 g/mol. The molecule has 0 aliphatic carbocycles. The number of likely N-dealkylation sites (tertiary alicyclic amines) is 1. The van der Waals surface area contributed by atoms with Crippen LogP contribution in [0.1, 0.15) is 40.2 Å². The van der Waals surface area contributed by atoms with E-state index < -0.39 is 0 Å². The topological polar surface area (TPSA) is 73.0 Å². The number of piperidine rings is 1. The summed E-state index contributed by atoms with van der Waals surface area (Å²) in [5.74, 6) is -0.0392. The van der Waals surface area contributed by atoms with Crippen molar-refractivity contribution in [2.24, 2.45) is 0 Å². The first-order valence-electron chi connectivity index (χ1n) is 9.13. The van der Waals surface area contributed by atoms with E-state index >= 15 is 0 Å². The molecule has 0 radical (unpaired) electrons. The Morgan fingerprint density at radius 1 is 1.24 bits per heavy atom. The van der Waals surface area contributed by atoms with E-state index in [2.05, 4.69) is 56.1 Å². The summed E-state index contributed by atoms with van der Waals surface area (Å²) in [6.45, 7) is 4.68. The van der Waals surface area contributed by atoms with Crippen molar-refractivity contribution in [2.45, 2.75) is 38.4 Å². The van der Waals surface area contributed by atoms with Crippen molar-refractivity contribution >= 4 is 5.91 Å². The number of benzene rings is 1. The minimum atomic E-state index is -0.0392. The van der Waals surface area contributed by atoms with Gasteiger partial charge in [-0.15, -0.1) is 0 Å². The second-order valence-electron chi connectivity index (χ2n) is 6.97. The summed E-state index contributed by atoms with van der Waals surface area (Å²) in [7, 11) is 0. The molecule has 6 heteroatoms. The number of fused-ring (bicyclic) bond motifs is 1. The number of nitrogens with zero attached hydrogens (tertiary/aromatic N) is 2. The minimum absolute atomic E-state index is 0.0392. The molecule has 3 heterocycles. The predicted octanol–water partition coefficient (Wildman–Crippen LogP) is 1.45. The third kappa shape index (κ3) is 3.75. The van der Waals surface area contributed by atoms with E-state index in [-0.39, 0.29) is 11.9 Å². The predicted molar refractivity (Wildman–Crippen MR) is 96.2 cm³/mol. The molecule has 1 saturated heterocycles. The summed E-state index contributed by atoms with van der Waals surface area (Å²) >= 11 is 0. The number of carbonyl (C=O) groups excluding carboxylic acids is 1. The van der Waals surface area contributed by atoms with Crippen LogP contribution in [-0.4, -0.2) is 46.7 Å². The number of hydrogen-bond acceptors (Lipinski definition) is 4. The zero-order valence-electron chi connectivity index (χ0n) is 14.4. The van der Waals surface area contributed by atoms with Crippen molar-refractivity contribution in [1.82, 2.24) is 25.7 Å². The quantitative estimate of drug-likeness (QED) is 0.788. The number of amides is 1. The second-order valence-corrected chi connectivity index (χ2v) is 6.97. The lowest BCUT2D eigenvalue weighted by Gasteiger charge is -2.32. The number of rotatable bonds is 4. The van der Waals surface area contributed by atoms with Crippen LogP contribution in [0.3, 0.4) is 0 Å². The van der Waals surface area contributed by atoms with Crippen molar-refractivity contribution in [3.05, 3.63) is 52.8 Å². The summed E-state index contributed by atoms with van der Waals surface area (Å²) in [6, 6.07) is 10.8. The van der Waals surface area contributed by atoms with Gasteiger partial charge in [0.1, 0.15) is 0 Å². The minimum Gasteiger partial charge on any atom is -0.348 e. The monoisotopic (exact) mass is 339 g/mol. The molecule has 3 N–H and O–H groups in total. The van der Waals surface area contributed by atoms with Gasteiger partial charge in [0.2, 0.25) is 0 Å². The molecule has 132 valence electrons. The van der Waals surface area contributed by atoms with E-state index in [9.17, 15) is 4.79 Å². The maximum absolute atomic E-state index is 12.6. The van der Waals surface area contributed by atoms with Gasteiger partial charge in [0, 0.05) is 56.4 Å². The molecule has 0 bridgehead atoms. The molecular formula is C19H25N5O. The van der Waals surface area contributed by atoms with Gasteiger partial charge in [-0.2, -0.15) is 5.10 Å². The SMILES string of the molecule is O=C(NC1CCN(Cc2ccccc2)CC1)c1n[nH]c2c1CNCC2. The van der Waals surface area contributed by atoms with Gasteiger partial charge in [-0.3, -0.25) is 14.8 Å². The van der Waals surface area contributed by atoms with Crippen LogP contribution in [0.4, 0.5) is 0 Å². The van der Waals surface area contributed by atoms with Crippen molar-refractivity contribution in [1.29, 1.82) is 0 Å². The van der Waals surface area contributed by atoms with Crippen LogP contribution < -0.4 is 10.6 Å². The van der Waals surface area contributed by atoms with E-state index in [1.807, 2.05) is 0 Å². The normalized spacial score (nSPS) is 18.7. The van der Waals surface area contributed by atoms with Crippen LogP contribution in [0.15, 0.2) is 30.3 Å². The van der Waals surface area contributed by atoms with Crippen LogP contribution in [0.2, 0.25) is 0 Å². The van der Waals surface area contributed by atoms with Gasteiger partial charge in [0.25, 0.3) is 5.91 Å². The first kappa shape index (κ1) is 16.3. The Morgan fingerprint density at radius 2 is 2.04 bits per heavy atom. The highest BCUT2D eigenvalue weighted by molar-refractivity contribution is 5.94. The van der Waals surface area contributed by atoms with Crippen LogP contribution >= 0.6 is 0 Å². The van der Waals surface area contributed by atoms with Crippen molar-refractivity contribution in [3.63, 3.8) is 0 Å². The first-order chi connectivity index (χ1) is 12.3. The van der Waals surface area contributed by atoms with Crippen LogP contribution in [0.25, 0.3) is 0 Å². The lowest BCUT2D eigenvalue weighted by Crippen LogP contribution is -2.44. The van der Waals surface area contributed by atoms with Gasteiger partial charge < -0.3 is 10.6 Å². The van der Waals surface area contributed by atoms with Gasteiger partial charge in [-0.1, -0.05) is 30.3 Å². The zero-order valence-corrected chi connectivity index (χ0v) is 14.4. The Balaban J connectivity index is 1.30. The molecular weight excluding hydrogens is 314 g/mol. The molecule has 0 unspecified atom stereocenters. The third-order valence-electron chi connectivity index (χ3n) is 5.19. The number of aromatic nitrogens is 2. The molecule has 2 aliphatic heterocycles. The molecule has 1 fully saturated rings. The maximum Gasteiger partial charge on any atom is 0.272 e. The number of carbonyl (C=O) groups is 1. The largest absolute Gasteiger partial charge is 0.348 e. The molecule has 0 atom stereocenters. The fourth-order valence-corrected chi connectivity index (χ4v) is 3.74. The van der Waals surface area contributed by atoms with E-state index in [1.165, 1.54) is 5.56 Å². The second kappa shape index (κ2) is 7.37. The Bertz CT molecular complexity index is 719. The molecule has 2 aromatic rings. The van der Waals surface area contributed by atoms with Crippen molar-refractivity contribution < 1.29 is 4.79 Å². The van der Waals surface area contributed by atoms with E-state index in [4.69, 9.17) is 0 Å².